The summed E-state index contributed by atoms with van der Waals surface area (Å²) in [6.07, 6.45) is 1.73. The zero-order chi connectivity index (χ0) is 16.4. The van der Waals surface area contributed by atoms with E-state index < -0.39 is 0 Å². The van der Waals surface area contributed by atoms with E-state index >= 15 is 0 Å². The summed E-state index contributed by atoms with van der Waals surface area (Å²) in [4.78, 5) is 4.55. The lowest BCUT2D eigenvalue weighted by Crippen LogP contribution is -1.93. The molecule has 4 rings (SSSR count). The number of hydrogen-bond donors (Lipinski definition) is 1. The van der Waals surface area contributed by atoms with Gasteiger partial charge in [-0.2, -0.15) is 5.10 Å². The molecular formula is C18H15N3O2S. The Hall–Kier alpha value is -2.86. The van der Waals surface area contributed by atoms with Crippen LogP contribution < -0.4 is 14.9 Å². The van der Waals surface area contributed by atoms with Crippen LogP contribution in [0.2, 0.25) is 0 Å². The van der Waals surface area contributed by atoms with Crippen LogP contribution >= 0.6 is 11.3 Å². The van der Waals surface area contributed by atoms with Crippen LogP contribution in [0.3, 0.4) is 0 Å². The Balaban J connectivity index is 1.43. The third kappa shape index (κ3) is 3.09. The van der Waals surface area contributed by atoms with Gasteiger partial charge < -0.3 is 9.47 Å². The Morgan fingerprint density at radius 3 is 2.83 bits per heavy atom. The Morgan fingerprint density at radius 2 is 1.96 bits per heavy atom. The molecule has 120 valence electrons. The molecule has 2 aromatic carbocycles. The maximum Gasteiger partial charge on any atom is 0.231 e. The normalized spacial score (nSPS) is 12.7. The highest BCUT2D eigenvalue weighted by Crippen LogP contribution is 2.32. The summed E-state index contributed by atoms with van der Waals surface area (Å²) < 4.78 is 10.6. The van der Waals surface area contributed by atoms with Gasteiger partial charge in [0.1, 0.15) is 0 Å². The number of nitrogens with one attached hydrogen (secondary N) is 1. The molecule has 1 aliphatic rings. The number of rotatable bonds is 4. The summed E-state index contributed by atoms with van der Waals surface area (Å²) in [5.41, 5.74) is 7.18. The van der Waals surface area contributed by atoms with E-state index in [0.717, 1.165) is 33.5 Å². The molecule has 0 fully saturated rings. The van der Waals surface area contributed by atoms with E-state index in [1.165, 1.54) is 16.9 Å². The quantitative estimate of drug-likeness (QED) is 0.570. The second-order valence-corrected chi connectivity index (χ2v) is 6.24. The fraction of sp³-hybridized carbons (Fsp3) is 0.111. The van der Waals surface area contributed by atoms with Crippen molar-refractivity contribution in [2.75, 3.05) is 12.2 Å². The second kappa shape index (κ2) is 6.33. The summed E-state index contributed by atoms with van der Waals surface area (Å²) in [6, 6.07) is 14.0. The number of aryl methyl sites for hydroxylation is 1. The first-order valence-electron chi connectivity index (χ1n) is 7.49. The number of benzene rings is 2. The molecule has 1 N–H and O–H groups in total. The molecule has 5 nitrogen and oxygen atoms in total. The highest BCUT2D eigenvalue weighted by Gasteiger charge is 2.12. The number of nitrogens with zero attached hydrogens (tertiary/aromatic N) is 2. The minimum atomic E-state index is 0.273. The fourth-order valence-corrected chi connectivity index (χ4v) is 3.01. The Morgan fingerprint density at radius 1 is 1.12 bits per heavy atom. The van der Waals surface area contributed by atoms with Crippen molar-refractivity contribution in [3.63, 3.8) is 0 Å². The lowest BCUT2D eigenvalue weighted by Gasteiger charge is -1.98. The van der Waals surface area contributed by atoms with E-state index in [9.17, 15) is 0 Å². The molecule has 0 bridgehead atoms. The van der Waals surface area contributed by atoms with Crippen LogP contribution in [0.1, 0.15) is 11.1 Å². The van der Waals surface area contributed by atoms with Gasteiger partial charge in [-0.25, -0.2) is 4.98 Å². The SMILES string of the molecule is Cc1ccc(-c2csc(N/N=C\c3ccc4c(c3)OCO4)n2)cc1. The Labute approximate surface area is 143 Å². The van der Waals surface area contributed by atoms with Gasteiger partial charge in [-0.3, -0.25) is 5.43 Å². The molecule has 0 saturated carbocycles. The molecule has 0 aliphatic carbocycles. The van der Waals surface area contributed by atoms with Gasteiger partial charge >= 0.3 is 0 Å². The van der Waals surface area contributed by atoms with E-state index in [1.54, 1.807) is 6.21 Å². The predicted octanol–water partition coefficient (Wildman–Crippen LogP) is 4.29. The van der Waals surface area contributed by atoms with Gasteiger partial charge in [0.15, 0.2) is 11.5 Å². The minimum absolute atomic E-state index is 0.273. The van der Waals surface area contributed by atoms with Gasteiger partial charge in [0, 0.05) is 10.9 Å². The molecule has 1 aliphatic heterocycles. The van der Waals surface area contributed by atoms with Gasteiger partial charge in [-0.05, 0) is 30.7 Å². The first-order chi connectivity index (χ1) is 11.8. The number of hydrogen-bond acceptors (Lipinski definition) is 6. The van der Waals surface area contributed by atoms with Crippen LogP contribution in [0.25, 0.3) is 11.3 Å². The van der Waals surface area contributed by atoms with E-state index in [2.05, 4.69) is 46.7 Å². The second-order valence-electron chi connectivity index (χ2n) is 5.39. The molecule has 0 unspecified atom stereocenters. The molecule has 0 saturated heterocycles. The molecular weight excluding hydrogens is 322 g/mol. The van der Waals surface area contributed by atoms with Gasteiger partial charge in [-0.15, -0.1) is 11.3 Å². The number of hydrazone groups is 1. The van der Waals surface area contributed by atoms with Gasteiger partial charge in [0.2, 0.25) is 11.9 Å². The van der Waals surface area contributed by atoms with Crippen molar-refractivity contribution < 1.29 is 9.47 Å². The average Bonchev–Trinajstić information content (AvgIpc) is 3.24. The lowest BCUT2D eigenvalue weighted by molar-refractivity contribution is 0.174. The monoisotopic (exact) mass is 337 g/mol. The zero-order valence-corrected chi connectivity index (χ0v) is 13.8. The molecule has 0 atom stereocenters. The lowest BCUT2D eigenvalue weighted by atomic mass is 10.1. The van der Waals surface area contributed by atoms with Crippen LogP contribution in [-0.2, 0) is 0 Å². The number of aromatic nitrogens is 1. The van der Waals surface area contributed by atoms with Gasteiger partial charge in [0.25, 0.3) is 0 Å². The molecule has 2 heterocycles. The van der Waals surface area contributed by atoms with Gasteiger partial charge in [0.05, 0.1) is 11.9 Å². The summed E-state index contributed by atoms with van der Waals surface area (Å²) in [7, 11) is 0. The van der Waals surface area contributed by atoms with E-state index in [0.29, 0.717) is 0 Å². The molecule has 0 radical (unpaired) electrons. The maximum atomic E-state index is 5.35. The van der Waals surface area contributed by atoms with Crippen LogP contribution in [0, 0.1) is 6.92 Å². The molecule has 1 aromatic heterocycles. The van der Waals surface area contributed by atoms with E-state index in [4.69, 9.17) is 9.47 Å². The third-order valence-electron chi connectivity index (χ3n) is 3.62. The minimum Gasteiger partial charge on any atom is -0.454 e. The highest BCUT2D eigenvalue weighted by molar-refractivity contribution is 7.14. The molecule has 3 aromatic rings. The summed E-state index contributed by atoms with van der Waals surface area (Å²) >= 11 is 1.52. The number of anilines is 1. The summed E-state index contributed by atoms with van der Waals surface area (Å²) in [5, 5.41) is 7.00. The summed E-state index contributed by atoms with van der Waals surface area (Å²) in [5.74, 6) is 1.51. The van der Waals surface area contributed by atoms with Crippen molar-refractivity contribution in [2.45, 2.75) is 6.92 Å². The maximum absolute atomic E-state index is 5.35. The number of ether oxygens (including phenoxy) is 2. The van der Waals surface area contributed by atoms with Crippen molar-refractivity contribution in [1.82, 2.24) is 4.98 Å². The topological polar surface area (TPSA) is 55.7 Å². The molecule has 6 heteroatoms. The predicted molar refractivity (Wildman–Crippen MR) is 96.1 cm³/mol. The van der Waals surface area contributed by atoms with Crippen molar-refractivity contribution in [3.8, 4) is 22.8 Å². The number of fused-ring (bicyclic) bond motifs is 1. The standard InChI is InChI=1S/C18H15N3O2S/c1-12-2-5-14(6-3-12)15-10-24-18(20-15)21-19-9-13-4-7-16-17(8-13)23-11-22-16/h2-10H,11H2,1H3,(H,20,21)/b19-9-. The van der Waals surface area contributed by atoms with E-state index in [-0.39, 0.29) is 6.79 Å². The Bertz CT molecular complexity index is 888. The van der Waals surface area contributed by atoms with Crippen LogP contribution in [0.15, 0.2) is 52.9 Å². The third-order valence-corrected chi connectivity index (χ3v) is 4.37. The van der Waals surface area contributed by atoms with Crippen LogP contribution in [0.5, 0.6) is 11.5 Å². The largest absolute Gasteiger partial charge is 0.454 e. The van der Waals surface area contributed by atoms with Crippen LogP contribution in [0.4, 0.5) is 5.13 Å². The van der Waals surface area contributed by atoms with Crippen molar-refractivity contribution in [1.29, 1.82) is 0 Å². The fourth-order valence-electron chi connectivity index (χ4n) is 2.34. The smallest absolute Gasteiger partial charge is 0.231 e. The van der Waals surface area contributed by atoms with Crippen molar-refractivity contribution >= 4 is 22.7 Å². The van der Waals surface area contributed by atoms with E-state index in [1.807, 2.05) is 23.6 Å². The molecule has 0 amide bonds. The van der Waals surface area contributed by atoms with Gasteiger partial charge in [-0.1, -0.05) is 29.8 Å². The van der Waals surface area contributed by atoms with Crippen molar-refractivity contribution in [2.24, 2.45) is 5.10 Å². The average molecular weight is 337 g/mol. The number of thiazole rings is 1. The van der Waals surface area contributed by atoms with Crippen LogP contribution in [-0.4, -0.2) is 18.0 Å². The first-order valence-corrected chi connectivity index (χ1v) is 8.37. The zero-order valence-electron chi connectivity index (χ0n) is 13.0. The van der Waals surface area contributed by atoms with Crippen molar-refractivity contribution in [3.05, 3.63) is 59.0 Å². The highest BCUT2D eigenvalue weighted by atomic mass is 32.1. The first kappa shape index (κ1) is 14.7. The molecule has 24 heavy (non-hydrogen) atoms. The molecule has 0 spiro atoms. The summed E-state index contributed by atoms with van der Waals surface area (Å²) in [6.45, 7) is 2.34. The Kier molecular flexibility index (Phi) is 3.88.